The van der Waals surface area contributed by atoms with E-state index < -0.39 is 0 Å². The van der Waals surface area contributed by atoms with Gasteiger partial charge in [-0.1, -0.05) is 121 Å². The smallest absolute Gasteiger partial charge is 0.0561 e. The maximum atomic E-state index is 2.45. The highest BCUT2D eigenvalue weighted by atomic mass is 32.1. The van der Waals surface area contributed by atoms with Gasteiger partial charge in [0.05, 0.1) is 11.0 Å². The molecule has 3 heterocycles. The van der Waals surface area contributed by atoms with Crippen LogP contribution in [0.15, 0.2) is 206 Å². The lowest BCUT2D eigenvalue weighted by molar-refractivity contribution is 1.18. The number of thiophene rings is 2. The van der Waals surface area contributed by atoms with Crippen molar-refractivity contribution in [2.45, 2.75) is 0 Å². The van der Waals surface area contributed by atoms with Crippen LogP contribution in [0.2, 0.25) is 0 Å². The van der Waals surface area contributed by atoms with Crippen molar-refractivity contribution in [3.63, 3.8) is 0 Å². The van der Waals surface area contributed by atoms with Gasteiger partial charge in [0.2, 0.25) is 0 Å². The molecule has 0 N–H and O–H groups in total. The van der Waals surface area contributed by atoms with Crippen molar-refractivity contribution in [2.75, 3.05) is 4.90 Å². The van der Waals surface area contributed by atoms with Crippen LogP contribution < -0.4 is 4.90 Å². The summed E-state index contributed by atoms with van der Waals surface area (Å²) in [5.74, 6) is 0. The van der Waals surface area contributed by atoms with Gasteiger partial charge in [-0.25, -0.2) is 0 Å². The molecular weight excluding hydrogens is 741 g/mol. The van der Waals surface area contributed by atoms with Gasteiger partial charge in [0.15, 0.2) is 0 Å². The molecule has 0 radical (unpaired) electrons. The standard InChI is InChI=1S/C54H34N2S2/c1-2-10-35(11-3-1)36-18-23-39(24-19-36)55(40-25-20-37(21-26-40)38-22-30-53-47(32-38)45-13-5-8-16-51(45)57-53)42-27-29-44-43-12-4-7-15-49(43)56(50(44)34-42)41-28-31-54-48(33-41)46-14-6-9-17-52(46)58-54/h1-34H. The third kappa shape index (κ3) is 5.37. The van der Waals surface area contributed by atoms with E-state index >= 15 is 0 Å². The summed E-state index contributed by atoms with van der Waals surface area (Å²) in [7, 11) is 0. The molecule has 0 spiro atoms. The molecule has 0 aliphatic carbocycles. The van der Waals surface area contributed by atoms with E-state index in [1.165, 1.54) is 84.4 Å². The molecule has 0 amide bonds. The van der Waals surface area contributed by atoms with Crippen LogP contribution in [-0.4, -0.2) is 4.57 Å². The average Bonchev–Trinajstić information content (AvgIpc) is 3.96. The van der Waals surface area contributed by atoms with Crippen LogP contribution in [0, 0.1) is 0 Å². The first-order valence-corrected chi connectivity index (χ1v) is 21.3. The number of fused-ring (bicyclic) bond motifs is 9. The summed E-state index contributed by atoms with van der Waals surface area (Å²) >= 11 is 3.72. The first-order chi connectivity index (χ1) is 28.7. The molecule has 3 aromatic heterocycles. The SMILES string of the molecule is c1ccc(-c2ccc(N(c3ccc(-c4ccc5sc6ccccc6c5c4)cc3)c3ccc4c5ccccc5n(-c5ccc6sc7ccccc7c6c5)c4c3)cc2)cc1. The molecule has 2 nitrogen and oxygen atoms in total. The molecule has 12 aromatic rings. The minimum absolute atomic E-state index is 1.10. The van der Waals surface area contributed by atoms with Crippen LogP contribution in [0.1, 0.15) is 0 Å². The van der Waals surface area contributed by atoms with Crippen LogP contribution in [0.3, 0.4) is 0 Å². The molecule has 4 heteroatoms. The minimum atomic E-state index is 1.10. The van der Waals surface area contributed by atoms with Gasteiger partial charge in [0.25, 0.3) is 0 Å². The molecule has 272 valence electrons. The summed E-state index contributed by atoms with van der Waals surface area (Å²) in [5.41, 5.74) is 11.7. The quantitative estimate of drug-likeness (QED) is 0.163. The van der Waals surface area contributed by atoms with Gasteiger partial charge in [-0.2, -0.15) is 0 Å². The summed E-state index contributed by atoms with van der Waals surface area (Å²) in [6, 6.07) is 75.7. The molecular formula is C54H34N2S2. The highest BCUT2D eigenvalue weighted by Gasteiger charge is 2.19. The molecule has 58 heavy (non-hydrogen) atoms. The second-order valence-corrected chi connectivity index (χ2v) is 17.1. The molecule has 9 aromatic carbocycles. The van der Waals surface area contributed by atoms with Crippen molar-refractivity contribution in [3.8, 4) is 27.9 Å². The van der Waals surface area contributed by atoms with E-state index in [2.05, 4.69) is 216 Å². The Hall–Kier alpha value is -6.98. The van der Waals surface area contributed by atoms with E-state index in [0.29, 0.717) is 0 Å². The lowest BCUT2D eigenvalue weighted by atomic mass is 10.0. The number of nitrogens with zero attached hydrogens (tertiary/aromatic N) is 2. The second-order valence-electron chi connectivity index (χ2n) is 14.9. The van der Waals surface area contributed by atoms with Gasteiger partial charge in [-0.05, 0) is 107 Å². The molecule has 12 rings (SSSR count). The molecule has 0 saturated carbocycles. The Morgan fingerprint density at radius 3 is 1.47 bits per heavy atom. The number of hydrogen-bond donors (Lipinski definition) is 0. The van der Waals surface area contributed by atoms with Crippen molar-refractivity contribution in [1.29, 1.82) is 0 Å². The Morgan fingerprint density at radius 2 is 0.776 bits per heavy atom. The third-order valence-corrected chi connectivity index (χ3v) is 13.9. The van der Waals surface area contributed by atoms with Crippen molar-refractivity contribution in [2.24, 2.45) is 0 Å². The van der Waals surface area contributed by atoms with Gasteiger partial charge in [-0.3, -0.25) is 0 Å². The fourth-order valence-corrected chi connectivity index (χ4v) is 11.0. The van der Waals surface area contributed by atoms with Crippen LogP contribution in [0.4, 0.5) is 17.1 Å². The summed E-state index contributed by atoms with van der Waals surface area (Å²) in [4.78, 5) is 2.39. The number of anilines is 3. The normalized spacial score (nSPS) is 11.8. The van der Waals surface area contributed by atoms with E-state index in [0.717, 1.165) is 22.7 Å². The lowest BCUT2D eigenvalue weighted by Gasteiger charge is -2.26. The monoisotopic (exact) mass is 774 g/mol. The first kappa shape index (κ1) is 33.2. The minimum Gasteiger partial charge on any atom is -0.310 e. The second kappa shape index (κ2) is 13.3. The Morgan fingerprint density at radius 1 is 0.293 bits per heavy atom. The van der Waals surface area contributed by atoms with Crippen LogP contribution >= 0.6 is 22.7 Å². The number of rotatable bonds is 6. The number of benzene rings is 9. The summed E-state index contributed by atoms with van der Waals surface area (Å²) in [6.07, 6.45) is 0. The maximum absolute atomic E-state index is 2.45. The highest BCUT2D eigenvalue weighted by molar-refractivity contribution is 7.26. The first-order valence-electron chi connectivity index (χ1n) is 19.7. The largest absolute Gasteiger partial charge is 0.310 e. The summed E-state index contributed by atoms with van der Waals surface area (Å²) in [5, 5.41) is 7.73. The van der Waals surface area contributed by atoms with Gasteiger partial charge in [0, 0.05) is 73.9 Å². The molecule has 0 fully saturated rings. The topological polar surface area (TPSA) is 8.17 Å². The molecule has 0 bridgehead atoms. The third-order valence-electron chi connectivity index (χ3n) is 11.6. The van der Waals surface area contributed by atoms with E-state index in [-0.39, 0.29) is 0 Å². The molecule has 0 atom stereocenters. The summed E-state index contributed by atoms with van der Waals surface area (Å²) < 4.78 is 7.73. The maximum Gasteiger partial charge on any atom is 0.0561 e. The zero-order valence-electron chi connectivity index (χ0n) is 31.3. The Kier molecular flexibility index (Phi) is 7.62. The predicted molar refractivity (Wildman–Crippen MR) is 252 cm³/mol. The molecule has 0 saturated heterocycles. The van der Waals surface area contributed by atoms with Crippen LogP contribution in [0.5, 0.6) is 0 Å². The van der Waals surface area contributed by atoms with Crippen molar-refractivity contribution in [3.05, 3.63) is 206 Å². The van der Waals surface area contributed by atoms with Crippen LogP contribution in [0.25, 0.3) is 90.1 Å². The van der Waals surface area contributed by atoms with Crippen molar-refractivity contribution >= 4 is 102 Å². The van der Waals surface area contributed by atoms with Crippen molar-refractivity contribution < 1.29 is 0 Å². The Labute approximate surface area is 343 Å². The van der Waals surface area contributed by atoms with E-state index in [1.807, 2.05) is 22.7 Å². The Bertz CT molecular complexity index is 3500. The number of hydrogen-bond acceptors (Lipinski definition) is 3. The average molecular weight is 775 g/mol. The molecule has 0 aliphatic rings. The highest BCUT2D eigenvalue weighted by Crippen LogP contribution is 2.43. The zero-order chi connectivity index (χ0) is 38.2. The van der Waals surface area contributed by atoms with Crippen molar-refractivity contribution in [1.82, 2.24) is 4.57 Å². The van der Waals surface area contributed by atoms with E-state index in [4.69, 9.17) is 0 Å². The number of para-hydroxylation sites is 1. The zero-order valence-corrected chi connectivity index (χ0v) is 33.0. The van der Waals surface area contributed by atoms with Crippen LogP contribution in [-0.2, 0) is 0 Å². The van der Waals surface area contributed by atoms with E-state index in [1.54, 1.807) is 0 Å². The van der Waals surface area contributed by atoms with E-state index in [9.17, 15) is 0 Å². The molecule has 0 unspecified atom stereocenters. The predicted octanol–water partition coefficient (Wildman–Crippen LogP) is 16.3. The van der Waals surface area contributed by atoms with Gasteiger partial charge < -0.3 is 9.47 Å². The van der Waals surface area contributed by atoms with Gasteiger partial charge >= 0.3 is 0 Å². The lowest BCUT2D eigenvalue weighted by Crippen LogP contribution is -2.10. The van der Waals surface area contributed by atoms with Gasteiger partial charge in [-0.15, -0.1) is 22.7 Å². The fourth-order valence-electron chi connectivity index (χ4n) is 8.82. The number of aromatic nitrogens is 1. The molecule has 0 aliphatic heterocycles. The Balaban J connectivity index is 1.02. The summed E-state index contributed by atoms with van der Waals surface area (Å²) in [6.45, 7) is 0. The van der Waals surface area contributed by atoms with Gasteiger partial charge in [0.1, 0.15) is 0 Å². The fraction of sp³-hybridized carbons (Fsp3) is 0.